The number of halogens is 1. The first kappa shape index (κ1) is 19.9. The molecule has 7 heteroatoms. The van der Waals surface area contributed by atoms with Crippen LogP contribution in [0.15, 0.2) is 30.8 Å². The Morgan fingerprint density at radius 2 is 2.25 bits per heavy atom. The molecule has 1 aromatic heterocycles. The Morgan fingerprint density at radius 1 is 1.43 bits per heavy atom. The molecule has 146 valence electrons. The molecule has 0 aliphatic carbocycles. The molecule has 1 unspecified atom stereocenters. The molecule has 2 aromatic rings. The van der Waals surface area contributed by atoms with Gasteiger partial charge >= 0.3 is 6.03 Å². The van der Waals surface area contributed by atoms with Crippen molar-refractivity contribution in [1.82, 2.24) is 10.6 Å². The lowest BCUT2D eigenvalue weighted by molar-refractivity contribution is 0.259. The van der Waals surface area contributed by atoms with Crippen molar-refractivity contribution < 1.29 is 9.18 Å². The van der Waals surface area contributed by atoms with E-state index in [9.17, 15) is 9.18 Å². The third kappa shape index (κ3) is 4.91. The van der Waals surface area contributed by atoms with Gasteiger partial charge in [-0.25, -0.2) is 9.18 Å². The van der Waals surface area contributed by atoms with Gasteiger partial charge in [0, 0.05) is 18.3 Å². The second-order valence-corrected chi connectivity index (χ2v) is 7.75. The smallest absolute Gasteiger partial charge is 0.316 e. The fourth-order valence-corrected chi connectivity index (χ4v) is 3.96. The summed E-state index contributed by atoms with van der Waals surface area (Å²) < 4.78 is 14.1. The first-order valence-corrected chi connectivity index (χ1v) is 9.89. The van der Waals surface area contributed by atoms with Crippen molar-refractivity contribution in [3.8, 4) is 11.8 Å². The van der Waals surface area contributed by atoms with Gasteiger partial charge in [-0.1, -0.05) is 30.6 Å². The van der Waals surface area contributed by atoms with Crippen LogP contribution in [0.1, 0.15) is 33.7 Å². The number of nitrogens with two attached hydrogens (primary N) is 1. The van der Waals surface area contributed by atoms with E-state index in [0.29, 0.717) is 27.4 Å². The molecule has 0 saturated carbocycles. The number of benzene rings is 1. The summed E-state index contributed by atoms with van der Waals surface area (Å²) in [5.41, 5.74) is 7.44. The molecule has 28 heavy (non-hydrogen) atoms. The zero-order valence-corrected chi connectivity index (χ0v) is 16.5. The standard InChI is InChI=1S/C21H23FN4OS/c1-13-5-3-6-15(19(13)22)8-9-17-11-18(26-21(23)27)20(28-17)14(2)25-16-7-4-10-24-12-16/h3,5-6,11,16,24-25H,2,4,7,10,12H2,1H3,(H3,23,26,27). The fraction of sp³-hybridized carbons (Fsp3) is 0.286. The molecule has 3 rings (SSSR count). The minimum atomic E-state index is -0.657. The Balaban J connectivity index is 1.85. The number of rotatable bonds is 4. The van der Waals surface area contributed by atoms with E-state index in [1.165, 1.54) is 11.3 Å². The molecule has 1 aliphatic heterocycles. The predicted octanol–water partition coefficient (Wildman–Crippen LogP) is 3.40. The maximum Gasteiger partial charge on any atom is 0.316 e. The Kier molecular flexibility index (Phi) is 6.34. The van der Waals surface area contributed by atoms with Gasteiger partial charge in [-0.3, -0.25) is 0 Å². The van der Waals surface area contributed by atoms with Gasteiger partial charge in [-0.05, 0) is 44.0 Å². The number of hydrogen-bond acceptors (Lipinski definition) is 4. The van der Waals surface area contributed by atoms with E-state index in [1.54, 1.807) is 31.2 Å². The molecule has 1 fully saturated rings. The van der Waals surface area contributed by atoms with Gasteiger partial charge in [-0.2, -0.15) is 0 Å². The van der Waals surface area contributed by atoms with Crippen molar-refractivity contribution in [1.29, 1.82) is 0 Å². The van der Waals surface area contributed by atoms with E-state index in [2.05, 4.69) is 34.4 Å². The van der Waals surface area contributed by atoms with Crippen LogP contribution in [0.4, 0.5) is 14.9 Å². The molecule has 5 N–H and O–H groups in total. The Labute approximate surface area is 168 Å². The second kappa shape index (κ2) is 8.91. The highest BCUT2D eigenvalue weighted by molar-refractivity contribution is 7.14. The summed E-state index contributed by atoms with van der Waals surface area (Å²) in [5, 5.41) is 9.37. The first-order chi connectivity index (χ1) is 13.4. The van der Waals surface area contributed by atoms with E-state index >= 15 is 0 Å². The highest BCUT2D eigenvalue weighted by Gasteiger charge is 2.17. The SMILES string of the molecule is C=C(NC1CCCNC1)c1sc(C#Cc2cccc(C)c2F)cc1NC(N)=O. The topological polar surface area (TPSA) is 79.2 Å². The van der Waals surface area contributed by atoms with Crippen LogP contribution in [0.3, 0.4) is 0 Å². The maximum absolute atomic E-state index is 14.1. The number of carbonyl (C=O) groups is 1. The van der Waals surface area contributed by atoms with Crippen LogP contribution in [0.25, 0.3) is 5.70 Å². The minimum absolute atomic E-state index is 0.278. The summed E-state index contributed by atoms with van der Waals surface area (Å²) in [5.74, 6) is 5.52. The molecule has 2 heterocycles. The van der Waals surface area contributed by atoms with Crippen LogP contribution < -0.4 is 21.7 Å². The molecule has 1 saturated heterocycles. The number of amides is 2. The lowest BCUT2D eigenvalue weighted by Gasteiger charge is -2.25. The van der Waals surface area contributed by atoms with Crippen molar-refractivity contribution >= 4 is 28.8 Å². The Morgan fingerprint density at radius 3 is 2.96 bits per heavy atom. The van der Waals surface area contributed by atoms with Crippen LogP contribution in [0.2, 0.25) is 0 Å². The van der Waals surface area contributed by atoms with Gasteiger partial charge in [-0.15, -0.1) is 11.3 Å². The van der Waals surface area contributed by atoms with E-state index in [1.807, 2.05) is 0 Å². The molecule has 1 aromatic carbocycles. The van der Waals surface area contributed by atoms with Crippen LogP contribution in [-0.4, -0.2) is 25.2 Å². The Bertz CT molecular complexity index is 951. The van der Waals surface area contributed by atoms with Gasteiger partial charge in [0.15, 0.2) is 0 Å². The minimum Gasteiger partial charge on any atom is -0.380 e. The van der Waals surface area contributed by atoms with Gasteiger partial charge in [0.05, 0.1) is 21.0 Å². The van der Waals surface area contributed by atoms with Crippen LogP contribution >= 0.6 is 11.3 Å². The zero-order valence-electron chi connectivity index (χ0n) is 15.7. The van der Waals surface area contributed by atoms with Gasteiger partial charge in [0.2, 0.25) is 0 Å². The van der Waals surface area contributed by atoms with Gasteiger partial charge < -0.3 is 21.7 Å². The average molecular weight is 399 g/mol. The van der Waals surface area contributed by atoms with E-state index in [4.69, 9.17) is 5.73 Å². The molecular formula is C21H23FN4OS. The number of carbonyl (C=O) groups excluding carboxylic acids is 1. The molecule has 2 amide bonds. The van der Waals surface area contributed by atoms with E-state index in [-0.39, 0.29) is 11.9 Å². The number of urea groups is 1. The fourth-order valence-electron chi connectivity index (χ4n) is 3.06. The number of nitrogens with one attached hydrogen (secondary N) is 3. The molecule has 1 atom stereocenters. The monoisotopic (exact) mass is 398 g/mol. The van der Waals surface area contributed by atoms with Crippen molar-refractivity contribution in [2.24, 2.45) is 5.73 Å². The predicted molar refractivity (Wildman–Crippen MR) is 113 cm³/mol. The van der Waals surface area contributed by atoms with Crippen LogP contribution in [-0.2, 0) is 0 Å². The second-order valence-electron chi connectivity index (χ2n) is 6.70. The molecule has 0 bridgehead atoms. The molecule has 5 nitrogen and oxygen atoms in total. The summed E-state index contributed by atoms with van der Waals surface area (Å²) in [7, 11) is 0. The van der Waals surface area contributed by atoms with Crippen LogP contribution in [0.5, 0.6) is 0 Å². The normalized spacial score (nSPS) is 16.0. The number of piperidine rings is 1. The zero-order chi connectivity index (χ0) is 20.1. The molecule has 1 aliphatic rings. The molecular weight excluding hydrogens is 375 g/mol. The van der Waals surface area contributed by atoms with E-state index in [0.717, 1.165) is 30.8 Å². The molecule has 0 spiro atoms. The summed E-state index contributed by atoms with van der Waals surface area (Å²) in [6, 6.07) is 6.47. The number of hydrogen-bond donors (Lipinski definition) is 4. The van der Waals surface area contributed by atoms with E-state index < -0.39 is 6.03 Å². The quantitative estimate of drug-likeness (QED) is 0.596. The van der Waals surface area contributed by atoms with Crippen LogP contribution in [0, 0.1) is 24.6 Å². The summed E-state index contributed by atoms with van der Waals surface area (Å²) in [6.45, 7) is 7.70. The van der Waals surface area contributed by atoms with Crippen molar-refractivity contribution in [3.05, 3.63) is 57.5 Å². The first-order valence-electron chi connectivity index (χ1n) is 9.08. The van der Waals surface area contributed by atoms with Crippen molar-refractivity contribution in [2.75, 3.05) is 18.4 Å². The summed E-state index contributed by atoms with van der Waals surface area (Å²) in [4.78, 5) is 12.8. The number of aryl methyl sites for hydroxylation is 1. The third-order valence-electron chi connectivity index (χ3n) is 4.45. The largest absolute Gasteiger partial charge is 0.380 e. The Hall–Kier alpha value is -2.82. The highest BCUT2D eigenvalue weighted by atomic mass is 32.1. The number of primary amides is 1. The third-order valence-corrected chi connectivity index (χ3v) is 5.56. The average Bonchev–Trinajstić information content (AvgIpc) is 3.06. The lowest BCUT2D eigenvalue weighted by atomic mass is 10.1. The summed E-state index contributed by atoms with van der Waals surface area (Å²) in [6.07, 6.45) is 2.15. The highest BCUT2D eigenvalue weighted by Crippen LogP contribution is 2.32. The van der Waals surface area contributed by atoms with Gasteiger partial charge in [0.1, 0.15) is 5.82 Å². The number of anilines is 1. The van der Waals surface area contributed by atoms with Gasteiger partial charge in [0.25, 0.3) is 0 Å². The van der Waals surface area contributed by atoms with Crippen molar-refractivity contribution in [2.45, 2.75) is 25.8 Å². The summed E-state index contributed by atoms with van der Waals surface area (Å²) >= 11 is 1.38. The lowest BCUT2D eigenvalue weighted by Crippen LogP contribution is -2.42. The van der Waals surface area contributed by atoms with Crippen molar-refractivity contribution in [3.63, 3.8) is 0 Å². The maximum atomic E-state index is 14.1. The number of thiophene rings is 1. The molecule has 0 radical (unpaired) electrons.